The predicted molar refractivity (Wildman–Crippen MR) is 91.9 cm³/mol. The van der Waals surface area contributed by atoms with Crippen molar-refractivity contribution in [2.75, 3.05) is 11.9 Å². The number of carbonyl (C=O) groups is 3. The van der Waals surface area contributed by atoms with Crippen molar-refractivity contribution in [1.29, 1.82) is 0 Å². The van der Waals surface area contributed by atoms with Crippen molar-refractivity contribution in [2.45, 2.75) is 12.5 Å². The molecule has 2 heterocycles. The van der Waals surface area contributed by atoms with Gasteiger partial charge in [0.05, 0.1) is 16.4 Å². The Morgan fingerprint density at radius 2 is 2.12 bits per heavy atom. The Labute approximate surface area is 153 Å². The first kappa shape index (κ1) is 17.8. The van der Waals surface area contributed by atoms with Gasteiger partial charge in [0.2, 0.25) is 5.91 Å². The summed E-state index contributed by atoms with van der Waals surface area (Å²) < 4.78 is 13.1. The molecule has 1 aromatic heterocycles. The fourth-order valence-corrected chi connectivity index (χ4v) is 2.81. The van der Waals surface area contributed by atoms with E-state index in [9.17, 15) is 18.8 Å². The summed E-state index contributed by atoms with van der Waals surface area (Å²) in [5, 5.41) is 5.01. The highest BCUT2D eigenvalue weighted by Crippen LogP contribution is 2.27. The fourth-order valence-electron chi connectivity index (χ4n) is 2.60. The van der Waals surface area contributed by atoms with Crippen LogP contribution in [0.15, 0.2) is 42.6 Å². The van der Waals surface area contributed by atoms with Crippen LogP contribution < -0.4 is 10.6 Å². The van der Waals surface area contributed by atoms with Crippen LogP contribution >= 0.6 is 11.6 Å². The highest BCUT2D eigenvalue weighted by Gasteiger charge is 2.50. The molecule has 0 spiro atoms. The third kappa shape index (κ3) is 3.23. The van der Waals surface area contributed by atoms with E-state index in [1.54, 1.807) is 18.2 Å². The van der Waals surface area contributed by atoms with Gasteiger partial charge in [-0.15, -0.1) is 0 Å². The number of benzene rings is 1. The number of pyridine rings is 1. The van der Waals surface area contributed by atoms with Gasteiger partial charge in [0.1, 0.15) is 12.4 Å². The van der Waals surface area contributed by atoms with E-state index in [1.165, 1.54) is 19.2 Å². The zero-order valence-electron chi connectivity index (χ0n) is 13.6. The average Bonchev–Trinajstić information content (AvgIpc) is 2.82. The lowest BCUT2D eigenvalue weighted by Gasteiger charge is -2.20. The van der Waals surface area contributed by atoms with E-state index < -0.39 is 35.7 Å². The summed E-state index contributed by atoms with van der Waals surface area (Å²) in [5.74, 6) is -1.79. The fraction of sp³-hybridized carbons (Fsp3) is 0.176. The zero-order chi connectivity index (χ0) is 18.9. The molecule has 26 heavy (non-hydrogen) atoms. The molecule has 4 amide bonds. The second-order valence-electron chi connectivity index (χ2n) is 5.83. The quantitative estimate of drug-likeness (QED) is 0.801. The Hall–Kier alpha value is -3.00. The number of rotatable bonds is 4. The number of aromatic nitrogens is 1. The number of anilines is 1. The van der Waals surface area contributed by atoms with Gasteiger partial charge in [-0.3, -0.25) is 19.5 Å². The van der Waals surface area contributed by atoms with Crippen molar-refractivity contribution >= 4 is 35.1 Å². The molecule has 1 fully saturated rings. The predicted octanol–water partition coefficient (Wildman–Crippen LogP) is 2.28. The molecule has 7 nitrogen and oxygen atoms in total. The number of carbonyl (C=O) groups excluding carboxylic acids is 3. The van der Waals surface area contributed by atoms with E-state index >= 15 is 0 Å². The van der Waals surface area contributed by atoms with Crippen molar-refractivity contribution in [3.05, 3.63) is 59.1 Å². The summed E-state index contributed by atoms with van der Waals surface area (Å²) in [6, 6.07) is 7.75. The number of urea groups is 1. The molecular weight excluding hydrogens is 363 g/mol. The molecule has 1 saturated heterocycles. The SMILES string of the molecule is C[C@]1(c2ccccn2)NC(=O)N(CC(=O)Nc2ccc(F)cc2Cl)C1=O. The summed E-state index contributed by atoms with van der Waals surface area (Å²) in [6.45, 7) is 1.01. The summed E-state index contributed by atoms with van der Waals surface area (Å²) >= 11 is 5.85. The molecule has 0 bridgehead atoms. The molecule has 2 aromatic rings. The minimum absolute atomic E-state index is 0.00822. The number of hydrogen-bond acceptors (Lipinski definition) is 4. The molecule has 2 N–H and O–H groups in total. The first-order valence-corrected chi connectivity index (χ1v) is 7.99. The van der Waals surface area contributed by atoms with E-state index in [4.69, 9.17) is 11.6 Å². The van der Waals surface area contributed by atoms with Crippen LogP contribution in [-0.4, -0.2) is 34.3 Å². The Morgan fingerprint density at radius 1 is 1.35 bits per heavy atom. The lowest BCUT2D eigenvalue weighted by molar-refractivity contribution is -0.133. The number of hydrogen-bond donors (Lipinski definition) is 2. The minimum atomic E-state index is -1.36. The standard InChI is InChI=1S/C17H14ClFN4O3/c1-17(13-4-2-3-7-20-13)15(25)23(16(26)22-17)9-14(24)21-12-6-5-10(19)8-11(12)18/h2-8H,9H2,1H3,(H,21,24)(H,22,26)/t17-/m1/s1. The van der Waals surface area contributed by atoms with Crippen molar-refractivity contribution in [1.82, 2.24) is 15.2 Å². The molecule has 1 aromatic carbocycles. The van der Waals surface area contributed by atoms with Gasteiger partial charge in [0.15, 0.2) is 5.54 Å². The van der Waals surface area contributed by atoms with Crippen LogP contribution in [0.1, 0.15) is 12.6 Å². The van der Waals surface area contributed by atoms with Gasteiger partial charge in [0, 0.05) is 6.20 Å². The van der Waals surface area contributed by atoms with Crippen molar-refractivity contribution in [3.8, 4) is 0 Å². The Morgan fingerprint density at radius 3 is 2.77 bits per heavy atom. The molecule has 134 valence electrons. The third-order valence-corrected chi connectivity index (χ3v) is 4.27. The highest BCUT2D eigenvalue weighted by atomic mass is 35.5. The monoisotopic (exact) mass is 376 g/mol. The third-order valence-electron chi connectivity index (χ3n) is 3.96. The topological polar surface area (TPSA) is 91.4 Å². The summed E-state index contributed by atoms with van der Waals surface area (Å²) in [4.78, 5) is 42.0. The molecule has 0 unspecified atom stereocenters. The highest BCUT2D eigenvalue weighted by molar-refractivity contribution is 6.33. The van der Waals surface area contributed by atoms with Gasteiger partial charge < -0.3 is 10.6 Å². The maximum Gasteiger partial charge on any atom is 0.325 e. The first-order valence-electron chi connectivity index (χ1n) is 7.62. The molecule has 0 radical (unpaired) electrons. The summed E-state index contributed by atoms with van der Waals surface area (Å²) in [7, 11) is 0. The van der Waals surface area contributed by atoms with Crippen LogP contribution in [0.4, 0.5) is 14.9 Å². The Kier molecular flexibility index (Phi) is 4.60. The van der Waals surface area contributed by atoms with Crippen molar-refractivity contribution in [2.24, 2.45) is 0 Å². The maximum atomic E-state index is 13.1. The number of amides is 4. The lowest BCUT2D eigenvalue weighted by atomic mass is 9.97. The largest absolute Gasteiger partial charge is 0.325 e. The second-order valence-corrected chi connectivity index (χ2v) is 6.24. The zero-order valence-corrected chi connectivity index (χ0v) is 14.4. The first-order chi connectivity index (χ1) is 12.3. The second kappa shape index (κ2) is 6.72. The summed E-state index contributed by atoms with van der Waals surface area (Å²) in [6.07, 6.45) is 1.51. The number of imide groups is 1. The van der Waals surface area contributed by atoms with Gasteiger partial charge >= 0.3 is 6.03 Å². The summed E-state index contributed by atoms with van der Waals surface area (Å²) in [5.41, 5.74) is -0.813. The molecular formula is C17H14ClFN4O3. The van der Waals surface area contributed by atoms with Crippen LogP contribution in [0.5, 0.6) is 0 Å². The molecule has 1 aliphatic rings. The van der Waals surface area contributed by atoms with E-state index in [0.29, 0.717) is 5.69 Å². The van der Waals surface area contributed by atoms with E-state index in [1.807, 2.05) is 0 Å². The molecule has 9 heteroatoms. The van der Waals surface area contributed by atoms with Crippen LogP contribution in [0.3, 0.4) is 0 Å². The molecule has 1 atom stereocenters. The molecule has 1 aliphatic heterocycles. The van der Waals surface area contributed by atoms with E-state index in [0.717, 1.165) is 17.0 Å². The lowest BCUT2D eigenvalue weighted by Crippen LogP contribution is -2.42. The number of nitrogens with one attached hydrogen (secondary N) is 2. The minimum Gasteiger partial charge on any atom is -0.323 e. The van der Waals surface area contributed by atoms with Gasteiger partial charge in [-0.05, 0) is 37.3 Å². The normalized spacial score (nSPS) is 19.4. The van der Waals surface area contributed by atoms with Crippen LogP contribution in [0.25, 0.3) is 0 Å². The van der Waals surface area contributed by atoms with Crippen molar-refractivity contribution < 1.29 is 18.8 Å². The van der Waals surface area contributed by atoms with Gasteiger partial charge in [0.25, 0.3) is 5.91 Å². The Balaban J connectivity index is 1.74. The van der Waals surface area contributed by atoms with E-state index in [-0.39, 0.29) is 10.7 Å². The number of halogens is 2. The molecule has 3 rings (SSSR count). The smallest absolute Gasteiger partial charge is 0.323 e. The van der Waals surface area contributed by atoms with Gasteiger partial charge in [-0.1, -0.05) is 17.7 Å². The molecule has 0 saturated carbocycles. The number of nitrogens with zero attached hydrogens (tertiary/aromatic N) is 2. The van der Waals surface area contributed by atoms with Gasteiger partial charge in [-0.2, -0.15) is 0 Å². The van der Waals surface area contributed by atoms with Crippen molar-refractivity contribution in [3.63, 3.8) is 0 Å². The van der Waals surface area contributed by atoms with Crippen LogP contribution in [-0.2, 0) is 15.1 Å². The maximum absolute atomic E-state index is 13.1. The van der Waals surface area contributed by atoms with E-state index in [2.05, 4.69) is 15.6 Å². The van der Waals surface area contributed by atoms with Crippen LogP contribution in [0, 0.1) is 5.82 Å². The Bertz CT molecular complexity index is 893. The van der Waals surface area contributed by atoms with Gasteiger partial charge in [-0.25, -0.2) is 9.18 Å². The van der Waals surface area contributed by atoms with Crippen LogP contribution in [0.2, 0.25) is 5.02 Å². The molecule has 0 aliphatic carbocycles. The average molecular weight is 377 g/mol.